The highest BCUT2D eigenvalue weighted by Crippen LogP contribution is 2.47. The Labute approximate surface area is 172 Å². The van der Waals surface area contributed by atoms with E-state index in [0.29, 0.717) is 12.4 Å². The highest BCUT2D eigenvalue weighted by molar-refractivity contribution is 14.0. The Balaban J connectivity index is 0.00000243. The van der Waals surface area contributed by atoms with Crippen LogP contribution in [-0.2, 0) is 12.0 Å². The normalized spacial score (nSPS) is 14.9. The molecular weight excluding hydrogens is 439 g/mol. The van der Waals surface area contributed by atoms with Gasteiger partial charge in [0.2, 0.25) is 5.88 Å². The third-order valence-electron chi connectivity index (χ3n) is 4.60. The smallest absolute Gasteiger partial charge is 0.212 e. The molecule has 1 saturated carbocycles. The van der Waals surface area contributed by atoms with Crippen LogP contribution >= 0.6 is 24.0 Å². The zero-order valence-electron chi connectivity index (χ0n) is 15.4. The van der Waals surface area contributed by atoms with E-state index in [-0.39, 0.29) is 29.4 Å². The number of pyridine rings is 1. The molecule has 0 bridgehead atoms. The lowest BCUT2D eigenvalue weighted by molar-refractivity contribution is 0.397. The lowest BCUT2D eigenvalue weighted by Gasteiger charge is -2.19. The molecule has 0 amide bonds. The molecule has 1 aromatic heterocycles. The van der Waals surface area contributed by atoms with Crippen molar-refractivity contribution in [1.82, 2.24) is 15.6 Å². The van der Waals surface area contributed by atoms with Crippen molar-refractivity contribution in [3.05, 3.63) is 59.8 Å². The second kappa shape index (κ2) is 9.75. The Morgan fingerprint density at radius 1 is 1.15 bits per heavy atom. The number of benzene rings is 1. The molecule has 2 N–H and O–H groups in total. The van der Waals surface area contributed by atoms with E-state index in [9.17, 15) is 0 Å². The monoisotopic (exact) mass is 466 g/mol. The van der Waals surface area contributed by atoms with Gasteiger partial charge in [-0.3, -0.25) is 0 Å². The molecular formula is C20H27IN4O. The number of rotatable bonds is 7. The summed E-state index contributed by atoms with van der Waals surface area (Å²) in [5, 5.41) is 6.83. The number of ether oxygens (including phenoxy) is 1. The van der Waals surface area contributed by atoms with E-state index >= 15 is 0 Å². The second-order valence-electron chi connectivity index (χ2n) is 6.40. The Morgan fingerprint density at radius 2 is 1.92 bits per heavy atom. The van der Waals surface area contributed by atoms with Crippen molar-refractivity contribution in [2.45, 2.75) is 31.7 Å². The number of methoxy groups -OCH3 is 1. The first kappa shape index (κ1) is 20.5. The van der Waals surface area contributed by atoms with Crippen molar-refractivity contribution in [3.8, 4) is 5.88 Å². The third-order valence-corrected chi connectivity index (χ3v) is 4.60. The van der Waals surface area contributed by atoms with Crippen LogP contribution in [0.3, 0.4) is 0 Å². The van der Waals surface area contributed by atoms with Gasteiger partial charge < -0.3 is 15.4 Å². The zero-order chi connectivity index (χ0) is 17.5. The van der Waals surface area contributed by atoms with Crippen molar-refractivity contribution in [2.75, 3.05) is 20.2 Å². The summed E-state index contributed by atoms with van der Waals surface area (Å²) < 4.78 is 5.09. The van der Waals surface area contributed by atoms with Crippen molar-refractivity contribution in [1.29, 1.82) is 0 Å². The van der Waals surface area contributed by atoms with Gasteiger partial charge in [-0.25, -0.2) is 9.98 Å². The molecule has 140 valence electrons. The number of guanidine groups is 1. The second-order valence-corrected chi connectivity index (χ2v) is 6.40. The summed E-state index contributed by atoms with van der Waals surface area (Å²) in [6.45, 7) is 4.41. The molecule has 6 heteroatoms. The Morgan fingerprint density at radius 3 is 2.50 bits per heavy atom. The Hall–Kier alpha value is -1.83. The molecule has 0 atom stereocenters. The molecule has 5 nitrogen and oxygen atoms in total. The minimum atomic E-state index is 0. The Kier molecular flexibility index (Phi) is 7.68. The average molecular weight is 466 g/mol. The molecule has 0 aliphatic heterocycles. The van der Waals surface area contributed by atoms with Gasteiger partial charge in [-0.2, -0.15) is 0 Å². The topological polar surface area (TPSA) is 58.5 Å². The number of nitrogens with one attached hydrogen (secondary N) is 2. The van der Waals surface area contributed by atoms with Crippen LogP contribution < -0.4 is 15.4 Å². The largest absolute Gasteiger partial charge is 0.481 e. The number of hydrogen-bond donors (Lipinski definition) is 2. The molecule has 3 rings (SSSR count). The molecule has 0 unspecified atom stereocenters. The van der Waals surface area contributed by atoms with E-state index < -0.39 is 0 Å². The van der Waals surface area contributed by atoms with Gasteiger partial charge in [0.05, 0.1) is 13.7 Å². The van der Waals surface area contributed by atoms with Crippen molar-refractivity contribution < 1.29 is 4.74 Å². The number of hydrogen-bond acceptors (Lipinski definition) is 3. The maximum atomic E-state index is 5.09. The van der Waals surface area contributed by atoms with E-state index in [1.54, 1.807) is 13.3 Å². The van der Waals surface area contributed by atoms with Gasteiger partial charge in [-0.05, 0) is 30.9 Å². The van der Waals surface area contributed by atoms with Crippen LogP contribution in [0, 0.1) is 0 Å². The maximum absolute atomic E-state index is 5.09. The first-order valence-corrected chi connectivity index (χ1v) is 8.82. The van der Waals surface area contributed by atoms with E-state index in [1.165, 1.54) is 18.4 Å². The van der Waals surface area contributed by atoms with Gasteiger partial charge in [-0.1, -0.05) is 36.4 Å². The van der Waals surface area contributed by atoms with E-state index in [0.717, 1.165) is 24.6 Å². The van der Waals surface area contributed by atoms with E-state index in [2.05, 4.69) is 57.9 Å². The molecule has 1 aromatic carbocycles. The first-order valence-electron chi connectivity index (χ1n) is 8.82. The standard InChI is InChI=1S/C20H26N4O.HI/c1-3-21-19(23-14-16-9-10-18(25-2)22-13-16)24-15-20(11-12-20)17-7-5-4-6-8-17;/h4-10,13H,3,11-12,14-15H2,1-2H3,(H2,21,23,24);1H. The first-order chi connectivity index (χ1) is 12.3. The summed E-state index contributed by atoms with van der Waals surface area (Å²) in [4.78, 5) is 8.90. The van der Waals surface area contributed by atoms with Gasteiger partial charge in [0.1, 0.15) is 0 Å². The maximum Gasteiger partial charge on any atom is 0.212 e. The van der Waals surface area contributed by atoms with Crippen LogP contribution in [0.2, 0.25) is 0 Å². The molecule has 1 aliphatic rings. The highest BCUT2D eigenvalue weighted by atomic mass is 127. The van der Waals surface area contributed by atoms with Gasteiger partial charge in [0, 0.05) is 30.8 Å². The number of halogens is 1. The fraction of sp³-hybridized carbons (Fsp3) is 0.400. The van der Waals surface area contributed by atoms with Crippen LogP contribution in [0.1, 0.15) is 30.9 Å². The predicted octanol–water partition coefficient (Wildman–Crippen LogP) is 3.50. The number of aromatic nitrogens is 1. The van der Waals surface area contributed by atoms with Gasteiger partial charge in [0.15, 0.2) is 5.96 Å². The van der Waals surface area contributed by atoms with Gasteiger partial charge in [0.25, 0.3) is 0 Å². The van der Waals surface area contributed by atoms with Crippen molar-refractivity contribution in [3.63, 3.8) is 0 Å². The quantitative estimate of drug-likeness (QED) is 0.373. The average Bonchev–Trinajstić information content (AvgIpc) is 3.46. The molecule has 1 fully saturated rings. The van der Waals surface area contributed by atoms with Crippen LogP contribution in [0.4, 0.5) is 0 Å². The SMILES string of the molecule is CCNC(=NCc1ccc(OC)nc1)NCC1(c2ccccc2)CC1.I. The van der Waals surface area contributed by atoms with Crippen LogP contribution in [0.15, 0.2) is 53.7 Å². The minimum absolute atomic E-state index is 0. The molecule has 1 aliphatic carbocycles. The van der Waals surface area contributed by atoms with E-state index in [4.69, 9.17) is 4.74 Å². The summed E-state index contributed by atoms with van der Waals surface area (Å²) >= 11 is 0. The lowest BCUT2D eigenvalue weighted by Crippen LogP contribution is -2.41. The van der Waals surface area contributed by atoms with Gasteiger partial charge in [-0.15, -0.1) is 24.0 Å². The Bertz CT molecular complexity index is 700. The minimum Gasteiger partial charge on any atom is -0.481 e. The molecule has 2 aromatic rings. The number of aliphatic imine (C=N–C) groups is 1. The van der Waals surface area contributed by atoms with Crippen LogP contribution in [-0.4, -0.2) is 31.1 Å². The van der Waals surface area contributed by atoms with Crippen LogP contribution in [0.25, 0.3) is 0 Å². The lowest BCUT2D eigenvalue weighted by atomic mass is 9.96. The highest BCUT2D eigenvalue weighted by Gasteiger charge is 2.43. The summed E-state index contributed by atoms with van der Waals surface area (Å²) in [5.41, 5.74) is 2.74. The molecule has 0 saturated heterocycles. The fourth-order valence-electron chi connectivity index (χ4n) is 2.90. The molecule has 0 spiro atoms. The summed E-state index contributed by atoms with van der Waals surface area (Å²) in [5.74, 6) is 1.47. The summed E-state index contributed by atoms with van der Waals surface area (Å²) in [6.07, 6.45) is 4.26. The summed E-state index contributed by atoms with van der Waals surface area (Å²) in [7, 11) is 1.62. The fourth-order valence-corrected chi connectivity index (χ4v) is 2.90. The zero-order valence-corrected chi connectivity index (χ0v) is 17.7. The van der Waals surface area contributed by atoms with Gasteiger partial charge >= 0.3 is 0 Å². The van der Waals surface area contributed by atoms with Crippen molar-refractivity contribution >= 4 is 29.9 Å². The van der Waals surface area contributed by atoms with E-state index in [1.807, 2.05) is 12.1 Å². The predicted molar refractivity (Wildman–Crippen MR) is 116 cm³/mol. The third kappa shape index (κ3) is 5.33. The van der Waals surface area contributed by atoms with Crippen molar-refractivity contribution in [2.24, 2.45) is 4.99 Å². The summed E-state index contributed by atoms with van der Waals surface area (Å²) in [6, 6.07) is 14.6. The molecule has 26 heavy (non-hydrogen) atoms. The van der Waals surface area contributed by atoms with Crippen LogP contribution in [0.5, 0.6) is 5.88 Å². The number of nitrogens with zero attached hydrogens (tertiary/aromatic N) is 2. The molecule has 1 heterocycles. The molecule has 0 radical (unpaired) electrons.